The Labute approximate surface area is 261 Å². The third-order valence-electron chi connectivity index (χ3n) is 8.08. The minimum atomic E-state index is -1.30. The first-order valence-corrected chi connectivity index (χ1v) is 14.8. The number of guanidine groups is 1. The summed E-state index contributed by atoms with van der Waals surface area (Å²) in [5.74, 6) is -3.42. The molecule has 1 unspecified atom stereocenters. The number of nitrogens with two attached hydrogens (primary N) is 2. The summed E-state index contributed by atoms with van der Waals surface area (Å²) in [5.41, 5.74) is 10.7. The second kappa shape index (κ2) is 14.8. The molecule has 2 heterocycles. The van der Waals surface area contributed by atoms with Gasteiger partial charge in [0.2, 0.25) is 29.5 Å². The second-order valence-electron chi connectivity index (χ2n) is 11.5. The van der Waals surface area contributed by atoms with E-state index >= 15 is 0 Å². The van der Waals surface area contributed by atoms with Crippen LogP contribution in [0.1, 0.15) is 61.9 Å². The van der Waals surface area contributed by atoms with E-state index < -0.39 is 53.3 Å². The van der Waals surface area contributed by atoms with E-state index in [1.807, 2.05) is 0 Å². The quantitative estimate of drug-likeness (QED) is 0.0699. The number of rotatable bonds is 13. The average molecular weight is 630 g/mol. The maximum atomic E-state index is 13.8. The molecule has 0 aromatic heterocycles. The van der Waals surface area contributed by atoms with Gasteiger partial charge in [0.15, 0.2) is 5.96 Å². The smallest absolute Gasteiger partial charge is 0.254 e. The van der Waals surface area contributed by atoms with Gasteiger partial charge in [0, 0.05) is 37.8 Å². The Bertz CT molecular complexity index is 1350. The van der Waals surface area contributed by atoms with E-state index in [0.717, 1.165) is 0 Å². The zero-order chi connectivity index (χ0) is 33.5. The van der Waals surface area contributed by atoms with Crippen LogP contribution < -0.4 is 32.7 Å². The normalized spacial score (nSPS) is 19.5. The number of aliphatic hydroxyl groups excluding tert-OH is 1. The highest BCUT2D eigenvalue weighted by molar-refractivity contribution is 6.03. The zero-order valence-electron chi connectivity index (χ0n) is 25.8. The molecule has 2 aliphatic heterocycles. The number of hydrogen-bond acceptors (Lipinski definition) is 8. The number of hydrogen-bond donors (Lipinski definition) is 8. The molecule has 0 bridgehead atoms. The van der Waals surface area contributed by atoms with E-state index in [1.165, 1.54) is 29.7 Å². The van der Waals surface area contributed by atoms with Crippen molar-refractivity contribution in [2.45, 2.75) is 76.6 Å². The van der Waals surface area contributed by atoms with Gasteiger partial charge in [-0.25, -0.2) is 0 Å². The summed E-state index contributed by atoms with van der Waals surface area (Å²) in [5, 5.41) is 27.4. The van der Waals surface area contributed by atoms with E-state index in [9.17, 15) is 33.9 Å². The lowest BCUT2D eigenvalue weighted by atomic mass is 9.93. The lowest BCUT2D eigenvalue weighted by molar-refractivity contribution is -0.139. The number of benzene rings is 1. The molecule has 0 aliphatic carbocycles. The number of nitrogens with zero attached hydrogens (tertiary/aromatic N) is 2. The third-order valence-corrected chi connectivity index (χ3v) is 8.08. The Balaban J connectivity index is 1.73. The second-order valence-corrected chi connectivity index (χ2v) is 11.5. The molecule has 1 spiro atoms. The maximum Gasteiger partial charge on any atom is 0.254 e. The zero-order valence-corrected chi connectivity index (χ0v) is 25.8. The first-order chi connectivity index (χ1) is 21.2. The summed E-state index contributed by atoms with van der Waals surface area (Å²) in [6.07, 6.45) is 0.817. The van der Waals surface area contributed by atoms with Gasteiger partial charge in [0.1, 0.15) is 17.6 Å². The van der Waals surface area contributed by atoms with Crippen molar-refractivity contribution in [3.05, 3.63) is 29.3 Å². The van der Waals surface area contributed by atoms with Gasteiger partial charge in [-0.3, -0.25) is 34.2 Å². The van der Waals surface area contributed by atoms with Crippen LogP contribution in [0.2, 0.25) is 0 Å². The number of carbonyl (C=O) groups excluding carboxylic acids is 6. The molecule has 2 fully saturated rings. The van der Waals surface area contributed by atoms with Crippen LogP contribution in [0, 0.1) is 12.3 Å². The molecular weight excluding hydrogens is 586 g/mol. The topological polar surface area (TPSA) is 253 Å². The standard InChI is InChI=1S/C29H43N9O7/c1-16-7-8-19(14-21(16)35-25(43)20(34-18(3)40)6-4-11-33-28(31)32)26(44)38-12-5-9-29(38)10-13-37(27(29)45)15-22(41)36-23(17(2)39)24(30)42/h7-8,14,17,20,23,39H,4-6,9-13,15H2,1-3H3,(H2,30,42)(H,34,40)(H,35,43)(H,36,41)(H4,31,32,33)/t17?,20-,23-,29+/m0/s1. The van der Waals surface area contributed by atoms with Crippen LogP contribution in [-0.4, -0.2) is 106 Å². The first-order valence-electron chi connectivity index (χ1n) is 14.8. The van der Waals surface area contributed by atoms with E-state index in [2.05, 4.69) is 21.3 Å². The Kier molecular flexibility index (Phi) is 11.5. The number of anilines is 1. The highest BCUT2D eigenvalue weighted by atomic mass is 16.3. The van der Waals surface area contributed by atoms with Crippen molar-refractivity contribution in [3.8, 4) is 0 Å². The van der Waals surface area contributed by atoms with Gasteiger partial charge in [0.05, 0.1) is 12.6 Å². The summed E-state index contributed by atoms with van der Waals surface area (Å²) in [4.78, 5) is 79.4. The maximum absolute atomic E-state index is 13.8. The fraction of sp³-hybridized carbons (Fsp3) is 0.552. The molecule has 0 radical (unpaired) electrons. The number of amides is 6. The van der Waals surface area contributed by atoms with Crippen LogP contribution in [0.25, 0.3) is 0 Å². The van der Waals surface area contributed by atoms with Crippen LogP contribution >= 0.6 is 0 Å². The molecule has 16 nitrogen and oxygen atoms in total. The van der Waals surface area contributed by atoms with Crippen LogP contribution in [-0.2, 0) is 24.0 Å². The SMILES string of the molecule is CC(=O)N[C@@H](CCCNC(=N)N)C(=O)Nc1cc(C(=O)N2CCC[C@]23CCN(CC(=O)N[C@H](C(N)=O)C(C)O)C3=O)ccc1C. The Morgan fingerprint density at radius 1 is 1.11 bits per heavy atom. The molecule has 10 N–H and O–H groups in total. The monoisotopic (exact) mass is 629 g/mol. The van der Waals surface area contributed by atoms with Gasteiger partial charge in [-0.2, -0.15) is 0 Å². The lowest BCUT2D eigenvalue weighted by Gasteiger charge is -2.33. The summed E-state index contributed by atoms with van der Waals surface area (Å²) in [6.45, 7) is 4.90. The molecule has 246 valence electrons. The summed E-state index contributed by atoms with van der Waals surface area (Å²) in [7, 11) is 0. The Morgan fingerprint density at radius 2 is 1.82 bits per heavy atom. The van der Waals surface area contributed by atoms with Crippen LogP contribution in [0.4, 0.5) is 5.69 Å². The minimum absolute atomic E-state index is 0.198. The number of aryl methyl sites for hydroxylation is 1. The molecule has 0 saturated carbocycles. The molecule has 1 aromatic rings. The molecule has 4 atom stereocenters. The lowest BCUT2D eigenvalue weighted by Crippen LogP contribution is -2.55. The van der Waals surface area contributed by atoms with Crippen molar-refractivity contribution in [3.63, 3.8) is 0 Å². The number of primary amides is 1. The predicted octanol–water partition coefficient (Wildman–Crippen LogP) is -1.74. The molecule has 16 heteroatoms. The first kappa shape index (κ1) is 34.8. The van der Waals surface area contributed by atoms with Gasteiger partial charge in [-0.1, -0.05) is 6.07 Å². The van der Waals surface area contributed by atoms with E-state index in [0.29, 0.717) is 50.0 Å². The van der Waals surface area contributed by atoms with Gasteiger partial charge in [-0.15, -0.1) is 0 Å². The van der Waals surface area contributed by atoms with Gasteiger partial charge in [0.25, 0.3) is 5.91 Å². The van der Waals surface area contributed by atoms with Crippen molar-refractivity contribution in [2.24, 2.45) is 11.5 Å². The molecule has 6 amide bonds. The van der Waals surface area contributed by atoms with Gasteiger partial charge in [-0.05, 0) is 63.6 Å². The average Bonchev–Trinajstić information content (AvgIpc) is 3.52. The largest absolute Gasteiger partial charge is 0.391 e. The number of likely N-dealkylation sites (tertiary alicyclic amines) is 2. The number of nitrogens with one attached hydrogen (secondary N) is 5. The predicted molar refractivity (Wildman–Crippen MR) is 164 cm³/mol. The van der Waals surface area contributed by atoms with Crippen LogP contribution in [0.3, 0.4) is 0 Å². The Morgan fingerprint density at radius 3 is 2.44 bits per heavy atom. The molecule has 2 aliphatic rings. The Hall–Kier alpha value is -4.73. The fourth-order valence-electron chi connectivity index (χ4n) is 5.76. The summed E-state index contributed by atoms with van der Waals surface area (Å²) >= 11 is 0. The highest BCUT2D eigenvalue weighted by Gasteiger charge is 2.55. The molecule has 2 saturated heterocycles. The number of aliphatic hydroxyl groups is 1. The minimum Gasteiger partial charge on any atom is -0.391 e. The third kappa shape index (κ3) is 8.47. The number of carbonyl (C=O) groups is 6. The molecule has 45 heavy (non-hydrogen) atoms. The van der Waals surface area contributed by atoms with Gasteiger partial charge >= 0.3 is 0 Å². The summed E-state index contributed by atoms with van der Waals surface area (Å²) < 4.78 is 0. The van der Waals surface area contributed by atoms with Crippen molar-refractivity contribution in [1.82, 2.24) is 25.8 Å². The highest BCUT2D eigenvalue weighted by Crippen LogP contribution is 2.40. The van der Waals surface area contributed by atoms with Crippen molar-refractivity contribution >= 4 is 47.1 Å². The molecule has 3 rings (SSSR count). The fourth-order valence-corrected chi connectivity index (χ4v) is 5.76. The van der Waals surface area contributed by atoms with E-state index in [4.69, 9.17) is 16.9 Å². The van der Waals surface area contributed by atoms with Crippen molar-refractivity contribution in [1.29, 1.82) is 5.41 Å². The van der Waals surface area contributed by atoms with Crippen LogP contribution in [0.5, 0.6) is 0 Å². The van der Waals surface area contributed by atoms with Crippen molar-refractivity contribution in [2.75, 3.05) is 31.5 Å². The molecular formula is C29H43N9O7. The van der Waals surface area contributed by atoms with Crippen LogP contribution in [0.15, 0.2) is 18.2 Å². The van der Waals surface area contributed by atoms with E-state index in [1.54, 1.807) is 19.1 Å². The van der Waals surface area contributed by atoms with Crippen molar-refractivity contribution < 1.29 is 33.9 Å². The molecule has 1 aromatic carbocycles. The van der Waals surface area contributed by atoms with Gasteiger partial charge < -0.3 is 47.6 Å². The summed E-state index contributed by atoms with van der Waals surface area (Å²) in [6, 6.07) is 2.66. The van der Waals surface area contributed by atoms with E-state index in [-0.39, 0.29) is 36.9 Å².